The average Bonchev–Trinajstić information content (AvgIpc) is 3.32. The highest BCUT2D eigenvalue weighted by molar-refractivity contribution is 7.99. The summed E-state index contributed by atoms with van der Waals surface area (Å²) in [5.74, 6) is -0.832. The SMILES string of the molecule is CC(C)NC(=O)c1ccc2c(=O)n(C[C@@H]3CCCO3)c(SCC(=O)c3ccc(F)cc3)nc2c1. The van der Waals surface area contributed by atoms with Gasteiger partial charge in [-0.05, 0) is 69.2 Å². The van der Waals surface area contributed by atoms with E-state index in [-0.39, 0.29) is 35.1 Å². The molecular formula is C25H26FN3O4S. The minimum atomic E-state index is -0.414. The van der Waals surface area contributed by atoms with Crippen LogP contribution in [0.3, 0.4) is 0 Å². The van der Waals surface area contributed by atoms with Crippen LogP contribution in [0.25, 0.3) is 10.9 Å². The summed E-state index contributed by atoms with van der Waals surface area (Å²) in [6.45, 7) is 4.73. The van der Waals surface area contributed by atoms with Gasteiger partial charge in [0, 0.05) is 23.8 Å². The smallest absolute Gasteiger partial charge is 0.262 e. The Morgan fingerprint density at radius 3 is 2.62 bits per heavy atom. The zero-order chi connectivity index (χ0) is 24.2. The summed E-state index contributed by atoms with van der Waals surface area (Å²) in [5.41, 5.74) is 0.938. The highest BCUT2D eigenvalue weighted by Crippen LogP contribution is 2.23. The van der Waals surface area contributed by atoms with E-state index in [1.54, 1.807) is 22.8 Å². The van der Waals surface area contributed by atoms with Crippen LogP contribution in [0.1, 0.15) is 47.4 Å². The largest absolute Gasteiger partial charge is 0.376 e. The highest BCUT2D eigenvalue weighted by atomic mass is 32.2. The number of carbonyl (C=O) groups is 2. The molecule has 1 N–H and O–H groups in total. The molecule has 1 amide bonds. The van der Waals surface area contributed by atoms with Crippen LogP contribution in [0, 0.1) is 5.82 Å². The molecule has 1 atom stereocenters. The molecule has 178 valence electrons. The molecule has 34 heavy (non-hydrogen) atoms. The van der Waals surface area contributed by atoms with Crippen LogP contribution < -0.4 is 10.9 Å². The van der Waals surface area contributed by atoms with E-state index < -0.39 is 5.82 Å². The Morgan fingerprint density at radius 1 is 1.21 bits per heavy atom. The first-order valence-corrected chi connectivity index (χ1v) is 12.2. The molecule has 9 heteroatoms. The van der Waals surface area contributed by atoms with Gasteiger partial charge in [-0.1, -0.05) is 11.8 Å². The fraction of sp³-hybridized carbons (Fsp3) is 0.360. The van der Waals surface area contributed by atoms with Crippen LogP contribution in [-0.2, 0) is 11.3 Å². The Balaban J connectivity index is 1.68. The first kappa shape index (κ1) is 24.1. The summed E-state index contributed by atoms with van der Waals surface area (Å²) in [7, 11) is 0. The lowest BCUT2D eigenvalue weighted by Crippen LogP contribution is -2.31. The number of benzene rings is 2. The van der Waals surface area contributed by atoms with Gasteiger partial charge in [0.1, 0.15) is 5.82 Å². The van der Waals surface area contributed by atoms with Crippen molar-refractivity contribution in [3.8, 4) is 0 Å². The first-order chi connectivity index (χ1) is 16.3. The van der Waals surface area contributed by atoms with Crippen LogP contribution >= 0.6 is 11.8 Å². The summed E-state index contributed by atoms with van der Waals surface area (Å²) in [5, 5.41) is 3.61. The van der Waals surface area contributed by atoms with Gasteiger partial charge in [-0.25, -0.2) is 9.37 Å². The summed E-state index contributed by atoms with van der Waals surface area (Å²) in [4.78, 5) is 43.1. The molecule has 1 saturated heterocycles. The van der Waals surface area contributed by atoms with Gasteiger partial charge in [-0.2, -0.15) is 0 Å². The molecule has 7 nitrogen and oxygen atoms in total. The third-order valence-electron chi connectivity index (χ3n) is 5.51. The zero-order valence-corrected chi connectivity index (χ0v) is 19.9. The second-order valence-electron chi connectivity index (χ2n) is 8.52. The fourth-order valence-electron chi connectivity index (χ4n) is 3.80. The van der Waals surface area contributed by atoms with Crippen molar-refractivity contribution in [1.82, 2.24) is 14.9 Å². The van der Waals surface area contributed by atoms with Gasteiger partial charge in [-0.3, -0.25) is 19.0 Å². The molecule has 1 aliphatic heterocycles. The number of halogens is 1. The summed E-state index contributed by atoms with van der Waals surface area (Å²) in [6.07, 6.45) is 1.68. The number of nitrogens with zero attached hydrogens (tertiary/aromatic N) is 2. The number of hydrogen-bond acceptors (Lipinski definition) is 6. The summed E-state index contributed by atoms with van der Waals surface area (Å²) < 4.78 is 20.5. The molecule has 1 aromatic heterocycles. The molecule has 0 bridgehead atoms. The van der Waals surface area contributed by atoms with E-state index in [2.05, 4.69) is 10.3 Å². The normalized spacial score (nSPS) is 15.7. The predicted molar refractivity (Wildman–Crippen MR) is 129 cm³/mol. The van der Waals surface area contributed by atoms with Crippen LogP contribution in [-0.4, -0.2) is 45.7 Å². The lowest BCUT2D eigenvalue weighted by atomic mass is 10.1. The van der Waals surface area contributed by atoms with Crippen LogP contribution in [0.4, 0.5) is 4.39 Å². The number of nitrogens with one attached hydrogen (secondary N) is 1. The monoisotopic (exact) mass is 483 g/mol. The predicted octanol–water partition coefficient (Wildman–Crippen LogP) is 3.83. The second kappa shape index (κ2) is 10.5. The van der Waals surface area contributed by atoms with Crippen molar-refractivity contribution in [3.05, 3.63) is 69.8 Å². The maximum atomic E-state index is 13.4. The first-order valence-electron chi connectivity index (χ1n) is 11.2. The van der Waals surface area contributed by atoms with E-state index in [9.17, 15) is 18.8 Å². The third-order valence-corrected chi connectivity index (χ3v) is 6.49. The van der Waals surface area contributed by atoms with Gasteiger partial charge in [0.25, 0.3) is 11.5 Å². The average molecular weight is 484 g/mol. The molecule has 0 spiro atoms. The number of hydrogen-bond donors (Lipinski definition) is 1. The molecule has 1 fully saturated rings. The molecule has 2 aromatic carbocycles. The molecule has 3 aromatic rings. The van der Waals surface area contributed by atoms with E-state index in [0.717, 1.165) is 24.6 Å². The van der Waals surface area contributed by atoms with Crippen molar-refractivity contribution >= 4 is 34.4 Å². The van der Waals surface area contributed by atoms with E-state index in [1.165, 1.54) is 24.3 Å². The summed E-state index contributed by atoms with van der Waals surface area (Å²) in [6, 6.07) is 10.1. The lowest BCUT2D eigenvalue weighted by Gasteiger charge is -2.17. The van der Waals surface area contributed by atoms with Crippen molar-refractivity contribution in [3.63, 3.8) is 0 Å². The van der Waals surface area contributed by atoms with Crippen LogP contribution in [0.5, 0.6) is 0 Å². The van der Waals surface area contributed by atoms with Gasteiger partial charge in [0.2, 0.25) is 0 Å². The second-order valence-corrected chi connectivity index (χ2v) is 9.47. The topological polar surface area (TPSA) is 90.3 Å². The standard InChI is InChI=1S/C25H26FN3O4S/c1-15(2)27-23(31)17-7-10-20-21(12-17)28-25(29(24(20)32)13-19-4-3-11-33-19)34-14-22(30)16-5-8-18(26)9-6-16/h5-10,12,15,19H,3-4,11,13-14H2,1-2H3,(H,27,31)/t19-/m0/s1. The fourth-order valence-corrected chi connectivity index (χ4v) is 4.70. The number of rotatable bonds is 8. The number of thioether (sulfide) groups is 1. The number of amides is 1. The number of ether oxygens (including phenoxy) is 1. The Kier molecular flexibility index (Phi) is 7.43. The number of ketones is 1. The Labute approximate surface area is 200 Å². The maximum Gasteiger partial charge on any atom is 0.262 e. The quantitative estimate of drug-likeness (QED) is 0.298. The van der Waals surface area contributed by atoms with Crippen molar-refractivity contribution in [2.75, 3.05) is 12.4 Å². The summed E-state index contributed by atoms with van der Waals surface area (Å²) >= 11 is 1.14. The van der Waals surface area contributed by atoms with Crippen molar-refractivity contribution < 1.29 is 18.7 Å². The molecule has 0 saturated carbocycles. The van der Waals surface area contributed by atoms with E-state index in [1.807, 2.05) is 13.8 Å². The zero-order valence-electron chi connectivity index (χ0n) is 19.0. The maximum absolute atomic E-state index is 13.4. The highest BCUT2D eigenvalue weighted by Gasteiger charge is 2.21. The van der Waals surface area contributed by atoms with Gasteiger partial charge < -0.3 is 10.1 Å². The molecule has 0 radical (unpaired) electrons. The van der Waals surface area contributed by atoms with E-state index in [0.29, 0.717) is 40.3 Å². The van der Waals surface area contributed by atoms with Gasteiger partial charge in [0.05, 0.1) is 29.3 Å². The number of fused-ring (bicyclic) bond motifs is 1. The van der Waals surface area contributed by atoms with Crippen LogP contribution in [0.15, 0.2) is 52.4 Å². The number of aromatic nitrogens is 2. The molecule has 0 aliphatic carbocycles. The number of carbonyl (C=O) groups excluding carboxylic acids is 2. The lowest BCUT2D eigenvalue weighted by molar-refractivity contribution is 0.0936. The van der Waals surface area contributed by atoms with Crippen molar-refractivity contribution in [2.45, 2.75) is 50.5 Å². The van der Waals surface area contributed by atoms with E-state index >= 15 is 0 Å². The van der Waals surface area contributed by atoms with Crippen molar-refractivity contribution in [2.24, 2.45) is 0 Å². The minimum Gasteiger partial charge on any atom is -0.376 e. The molecule has 0 unspecified atom stereocenters. The third kappa shape index (κ3) is 5.53. The van der Waals surface area contributed by atoms with Gasteiger partial charge in [0.15, 0.2) is 10.9 Å². The molecular weight excluding hydrogens is 457 g/mol. The Bertz CT molecular complexity index is 1270. The van der Waals surface area contributed by atoms with Gasteiger partial charge in [-0.15, -0.1) is 0 Å². The minimum absolute atomic E-state index is 0.0286. The Morgan fingerprint density at radius 2 is 1.94 bits per heavy atom. The Hall–Kier alpha value is -3.04. The molecule has 2 heterocycles. The molecule has 4 rings (SSSR count). The van der Waals surface area contributed by atoms with E-state index in [4.69, 9.17) is 4.74 Å². The molecule has 1 aliphatic rings. The number of Topliss-reactive ketones (excluding diaryl/α,β-unsaturated/α-hetero) is 1. The van der Waals surface area contributed by atoms with Gasteiger partial charge >= 0.3 is 0 Å². The van der Waals surface area contributed by atoms with Crippen molar-refractivity contribution in [1.29, 1.82) is 0 Å². The van der Waals surface area contributed by atoms with Crippen LogP contribution in [0.2, 0.25) is 0 Å².